The van der Waals surface area contributed by atoms with Crippen LogP contribution in [0.15, 0.2) is 53.4 Å². The third-order valence-corrected chi connectivity index (χ3v) is 5.61. The first-order valence-corrected chi connectivity index (χ1v) is 9.28. The summed E-state index contributed by atoms with van der Waals surface area (Å²) in [5.41, 5.74) is 1.52. The number of sulfonamides is 1. The molecular formula is C18H19NO4S. The van der Waals surface area contributed by atoms with Crippen LogP contribution in [0.5, 0.6) is 5.75 Å². The van der Waals surface area contributed by atoms with Crippen molar-refractivity contribution in [2.24, 2.45) is 0 Å². The number of carbonyl (C=O) groups is 1. The highest BCUT2D eigenvalue weighted by Gasteiger charge is 2.23. The summed E-state index contributed by atoms with van der Waals surface area (Å²) in [5.74, 6) is 0.811. The van der Waals surface area contributed by atoms with Crippen molar-refractivity contribution in [3.63, 3.8) is 0 Å². The minimum Gasteiger partial charge on any atom is -0.493 e. The minimum absolute atomic E-state index is 0.0845. The summed E-state index contributed by atoms with van der Waals surface area (Å²) in [4.78, 5) is 11.4. The van der Waals surface area contributed by atoms with Crippen LogP contribution in [0.4, 0.5) is 0 Å². The molecule has 6 heteroatoms. The van der Waals surface area contributed by atoms with Crippen LogP contribution >= 0.6 is 0 Å². The van der Waals surface area contributed by atoms with Crippen molar-refractivity contribution in [2.75, 3.05) is 13.2 Å². The van der Waals surface area contributed by atoms with Crippen LogP contribution in [-0.2, 0) is 10.0 Å². The van der Waals surface area contributed by atoms with Gasteiger partial charge >= 0.3 is 0 Å². The molecule has 0 spiro atoms. The second-order valence-electron chi connectivity index (χ2n) is 5.80. The van der Waals surface area contributed by atoms with E-state index in [0.29, 0.717) is 18.7 Å². The van der Waals surface area contributed by atoms with Gasteiger partial charge in [-0.3, -0.25) is 4.79 Å². The highest BCUT2D eigenvalue weighted by Crippen LogP contribution is 2.33. The molecule has 0 aliphatic carbocycles. The Labute approximate surface area is 141 Å². The summed E-state index contributed by atoms with van der Waals surface area (Å²) in [6, 6.07) is 13.7. The third-order valence-electron chi connectivity index (χ3n) is 4.17. The Bertz CT molecular complexity index is 844. The normalized spacial score (nSPS) is 17.0. The molecule has 3 rings (SSSR count). The van der Waals surface area contributed by atoms with E-state index in [4.69, 9.17) is 4.74 Å². The van der Waals surface area contributed by atoms with Crippen molar-refractivity contribution in [3.8, 4) is 5.75 Å². The largest absolute Gasteiger partial charge is 0.493 e. The van der Waals surface area contributed by atoms with Crippen LogP contribution in [0.2, 0.25) is 0 Å². The maximum Gasteiger partial charge on any atom is 0.240 e. The number of carbonyl (C=O) groups excluding carboxylic acids is 1. The number of rotatable bonds is 5. The van der Waals surface area contributed by atoms with Gasteiger partial charge in [0.1, 0.15) is 5.75 Å². The first-order chi connectivity index (χ1) is 11.5. The number of ether oxygens (including phenoxy) is 1. The SMILES string of the molecule is CC(=O)c1ccc(S(=O)(=O)NCC2CCOc3ccccc32)cc1. The molecule has 126 valence electrons. The smallest absolute Gasteiger partial charge is 0.240 e. The fourth-order valence-corrected chi connectivity index (χ4v) is 3.87. The predicted molar refractivity (Wildman–Crippen MR) is 90.9 cm³/mol. The van der Waals surface area contributed by atoms with E-state index in [2.05, 4.69) is 4.72 Å². The summed E-state index contributed by atoms with van der Waals surface area (Å²) < 4.78 is 33.1. The van der Waals surface area contributed by atoms with Crippen LogP contribution in [-0.4, -0.2) is 27.4 Å². The predicted octanol–water partition coefficient (Wildman–Crippen LogP) is 2.73. The molecule has 0 saturated carbocycles. The molecule has 24 heavy (non-hydrogen) atoms. The topological polar surface area (TPSA) is 72.5 Å². The van der Waals surface area contributed by atoms with Crippen molar-refractivity contribution in [3.05, 3.63) is 59.7 Å². The van der Waals surface area contributed by atoms with E-state index in [1.54, 1.807) is 0 Å². The Balaban J connectivity index is 1.73. The zero-order chi connectivity index (χ0) is 17.2. The van der Waals surface area contributed by atoms with Crippen molar-refractivity contribution in [1.29, 1.82) is 0 Å². The summed E-state index contributed by atoms with van der Waals surface area (Å²) in [7, 11) is -3.61. The lowest BCUT2D eigenvalue weighted by Crippen LogP contribution is -2.30. The van der Waals surface area contributed by atoms with Gasteiger partial charge in [0.15, 0.2) is 5.78 Å². The number of hydrogen-bond donors (Lipinski definition) is 1. The maximum atomic E-state index is 12.4. The number of benzene rings is 2. The van der Waals surface area contributed by atoms with Gasteiger partial charge in [-0.15, -0.1) is 0 Å². The molecule has 2 aromatic rings. The van der Waals surface area contributed by atoms with E-state index in [-0.39, 0.29) is 16.6 Å². The summed E-state index contributed by atoms with van der Waals surface area (Å²) in [6.07, 6.45) is 0.767. The molecule has 0 saturated heterocycles. The minimum atomic E-state index is -3.61. The molecule has 0 radical (unpaired) electrons. The van der Waals surface area contributed by atoms with E-state index in [1.165, 1.54) is 31.2 Å². The van der Waals surface area contributed by atoms with Crippen LogP contribution in [0.3, 0.4) is 0 Å². The molecule has 2 aromatic carbocycles. The van der Waals surface area contributed by atoms with Crippen LogP contribution in [0.25, 0.3) is 0 Å². The lowest BCUT2D eigenvalue weighted by molar-refractivity contribution is 0.101. The van der Waals surface area contributed by atoms with Crippen molar-refractivity contribution in [1.82, 2.24) is 4.72 Å². The zero-order valence-electron chi connectivity index (χ0n) is 13.4. The fraction of sp³-hybridized carbons (Fsp3) is 0.278. The number of para-hydroxylation sites is 1. The van der Waals surface area contributed by atoms with Gasteiger partial charge in [0.2, 0.25) is 10.0 Å². The Hall–Kier alpha value is -2.18. The van der Waals surface area contributed by atoms with E-state index < -0.39 is 10.0 Å². The van der Waals surface area contributed by atoms with Gasteiger partial charge in [-0.25, -0.2) is 13.1 Å². The van der Waals surface area contributed by atoms with Gasteiger partial charge in [0.25, 0.3) is 0 Å². The molecule has 1 unspecified atom stereocenters. The third kappa shape index (κ3) is 3.49. The molecule has 1 aliphatic heterocycles. The van der Waals surface area contributed by atoms with Gasteiger partial charge in [-0.05, 0) is 37.1 Å². The van der Waals surface area contributed by atoms with Gasteiger partial charge in [-0.2, -0.15) is 0 Å². The molecule has 1 aliphatic rings. The molecule has 1 atom stereocenters. The first-order valence-electron chi connectivity index (χ1n) is 7.80. The van der Waals surface area contributed by atoms with Crippen LogP contribution < -0.4 is 9.46 Å². The van der Waals surface area contributed by atoms with Crippen molar-refractivity contribution < 1.29 is 17.9 Å². The number of fused-ring (bicyclic) bond motifs is 1. The average Bonchev–Trinajstić information content (AvgIpc) is 2.60. The van der Waals surface area contributed by atoms with Gasteiger partial charge in [0, 0.05) is 18.0 Å². The Kier molecular flexibility index (Phi) is 4.69. The van der Waals surface area contributed by atoms with Crippen LogP contribution in [0.1, 0.15) is 35.2 Å². The monoisotopic (exact) mass is 345 g/mol. The number of Topliss-reactive ketones (excluding diaryl/α,β-unsaturated/α-hetero) is 1. The molecule has 0 bridgehead atoms. The maximum absolute atomic E-state index is 12.4. The second kappa shape index (κ2) is 6.75. The number of ketones is 1. The average molecular weight is 345 g/mol. The summed E-state index contributed by atoms with van der Waals surface area (Å²) >= 11 is 0. The second-order valence-corrected chi connectivity index (χ2v) is 7.57. The number of hydrogen-bond acceptors (Lipinski definition) is 4. The van der Waals surface area contributed by atoms with E-state index >= 15 is 0 Å². The van der Waals surface area contributed by atoms with Crippen molar-refractivity contribution in [2.45, 2.75) is 24.2 Å². The molecule has 5 nitrogen and oxygen atoms in total. The van der Waals surface area contributed by atoms with Gasteiger partial charge < -0.3 is 4.74 Å². The quantitative estimate of drug-likeness (QED) is 0.846. The zero-order valence-corrected chi connectivity index (χ0v) is 14.2. The highest BCUT2D eigenvalue weighted by molar-refractivity contribution is 7.89. The molecule has 1 N–H and O–H groups in total. The molecule has 0 aromatic heterocycles. The summed E-state index contributed by atoms with van der Waals surface area (Å²) in [5, 5.41) is 0. The molecule has 0 fully saturated rings. The number of nitrogens with one attached hydrogen (secondary N) is 1. The van der Waals surface area contributed by atoms with Crippen LogP contribution in [0, 0.1) is 0 Å². The molecular weight excluding hydrogens is 326 g/mol. The standard InChI is InChI=1S/C18H19NO4S/c1-13(20)14-6-8-16(9-7-14)24(21,22)19-12-15-10-11-23-18-5-3-2-4-17(15)18/h2-9,15,19H,10-12H2,1H3. The first kappa shape index (κ1) is 16.7. The Morgan fingerprint density at radius 1 is 1.17 bits per heavy atom. The molecule has 0 amide bonds. The van der Waals surface area contributed by atoms with Gasteiger partial charge in [0.05, 0.1) is 11.5 Å². The Morgan fingerprint density at radius 2 is 1.88 bits per heavy atom. The molecule has 1 heterocycles. The Morgan fingerprint density at radius 3 is 2.58 bits per heavy atom. The van der Waals surface area contributed by atoms with Crippen molar-refractivity contribution >= 4 is 15.8 Å². The van der Waals surface area contributed by atoms with E-state index in [9.17, 15) is 13.2 Å². The highest BCUT2D eigenvalue weighted by atomic mass is 32.2. The summed E-state index contributed by atoms with van der Waals surface area (Å²) in [6.45, 7) is 2.35. The van der Waals surface area contributed by atoms with Gasteiger partial charge in [-0.1, -0.05) is 30.3 Å². The van der Waals surface area contributed by atoms with E-state index in [1.807, 2.05) is 24.3 Å². The lowest BCUT2D eigenvalue weighted by atomic mass is 9.93. The fourth-order valence-electron chi connectivity index (χ4n) is 2.79. The van der Waals surface area contributed by atoms with E-state index in [0.717, 1.165) is 17.7 Å². The lowest BCUT2D eigenvalue weighted by Gasteiger charge is -2.26.